The fourth-order valence-corrected chi connectivity index (χ4v) is 1.47. The highest BCUT2D eigenvalue weighted by Crippen LogP contribution is 1.95. The zero-order valence-corrected chi connectivity index (χ0v) is 10.0. The van der Waals surface area contributed by atoms with Gasteiger partial charge in [0.2, 0.25) is 5.91 Å². The van der Waals surface area contributed by atoms with Crippen LogP contribution in [0.3, 0.4) is 0 Å². The first-order chi connectivity index (χ1) is 6.65. The molecule has 0 bridgehead atoms. The second kappa shape index (κ2) is 7.80. The quantitative estimate of drug-likeness (QED) is 0.623. The summed E-state index contributed by atoms with van der Waals surface area (Å²) in [6.07, 6.45) is 1.79. The van der Waals surface area contributed by atoms with Crippen LogP contribution in [0.15, 0.2) is 0 Å². The molecule has 0 aliphatic carbocycles. The summed E-state index contributed by atoms with van der Waals surface area (Å²) in [6, 6.07) is 0. The summed E-state index contributed by atoms with van der Waals surface area (Å²) in [4.78, 5) is 15.6. The minimum Gasteiger partial charge on any atom is -0.342 e. The zero-order valence-electron chi connectivity index (χ0n) is 10.0. The molecule has 0 saturated heterocycles. The van der Waals surface area contributed by atoms with E-state index >= 15 is 0 Å². The number of carbonyl (C=O) groups excluding carboxylic acids is 1. The topological polar surface area (TPSA) is 23.6 Å². The number of nitrogens with zero attached hydrogens (tertiary/aromatic N) is 2. The van der Waals surface area contributed by atoms with Gasteiger partial charge in [0.25, 0.3) is 0 Å². The van der Waals surface area contributed by atoms with Crippen molar-refractivity contribution < 1.29 is 4.79 Å². The molecule has 0 aliphatic rings. The van der Waals surface area contributed by atoms with Gasteiger partial charge in [0.1, 0.15) is 0 Å². The monoisotopic (exact) mass is 200 g/mol. The van der Waals surface area contributed by atoms with Crippen molar-refractivity contribution >= 4 is 5.91 Å². The zero-order chi connectivity index (χ0) is 11.0. The average molecular weight is 200 g/mol. The Morgan fingerprint density at radius 1 is 1.07 bits per heavy atom. The molecule has 0 unspecified atom stereocenters. The second-order valence-corrected chi connectivity index (χ2v) is 3.63. The first-order valence-corrected chi connectivity index (χ1v) is 5.61. The van der Waals surface area contributed by atoms with E-state index in [0.717, 1.165) is 26.2 Å². The third kappa shape index (κ3) is 5.22. The molecule has 0 atom stereocenters. The van der Waals surface area contributed by atoms with Crippen LogP contribution >= 0.6 is 0 Å². The van der Waals surface area contributed by atoms with E-state index in [2.05, 4.69) is 18.9 Å². The van der Waals surface area contributed by atoms with Crippen LogP contribution in [0.25, 0.3) is 0 Å². The minimum atomic E-state index is 0.261. The maximum atomic E-state index is 11.4. The highest BCUT2D eigenvalue weighted by Gasteiger charge is 2.09. The summed E-state index contributed by atoms with van der Waals surface area (Å²) in [7, 11) is 2.10. The van der Waals surface area contributed by atoms with Gasteiger partial charge in [0.15, 0.2) is 0 Å². The van der Waals surface area contributed by atoms with Crippen molar-refractivity contribution in [2.24, 2.45) is 0 Å². The van der Waals surface area contributed by atoms with E-state index in [1.165, 1.54) is 6.42 Å². The number of hydrogen-bond acceptors (Lipinski definition) is 2. The second-order valence-electron chi connectivity index (χ2n) is 3.63. The maximum absolute atomic E-state index is 11.4. The standard InChI is InChI=1S/C11H24N2O/c1-5-8-12(4)9-10-13(7-3)11(14)6-2/h5-10H2,1-4H3. The number of amides is 1. The fourth-order valence-electron chi connectivity index (χ4n) is 1.47. The van der Waals surface area contributed by atoms with E-state index < -0.39 is 0 Å². The number of likely N-dealkylation sites (N-methyl/N-ethyl adjacent to an activating group) is 2. The number of carbonyl (C=O) groups is 1. The summed E-state index contributed by atoms with van der Waals surface area (Å²) < 4.78 is 0. The molecule has 0 heterocycles. The molecule has 3 heteroatoms. The lowest BCUT2D eigenvalue weighted by atomic mass is 10.3. The normalized spacial score (nSPS) is 10.6. The SMILES string of the molecule is CCCN(C)CCN(CC)C(=O)CC. The van der Waals surface area contributed by atoms with Crippen LogP contribution in [0.5, 0.6) is 0 Å². The Labute approximate surface area is 88.1 Å². The van der Waals surface area contributed by atoms with Crippen molar-refractivity contribution in [3.63, 3.8) is 0 Å². The lowest BCUT2D eigenvalue weighted by Crippen LogP contribution is -2.37. The fraction of sp³-hybridized carbons (Fsp3) is 0.909. The third-order valence-corrected chi connectivity index (χ3v) is 2.39. The van der Waals surface area contributed by atoms with Crippen molar-refractivity contribution in [3.05, 3.63) is 0 Å². The Morgan fingerprint density at radius 3 is 2.14 bits per heavy atom. The van der Waals surface area contributed by atoms with Crippen LogP contribution in [0, 0.1) is 0 Å². The third-order valence-electron chi connectivity index (χ3n) is 2.39. The van der Waals surface area contributed by atoms with Crippen molar-refractivity contribution in [1.29, 1.82) is 0 Å². The molecule has 0 aromatic rings. The average Bonchev–Trinajstić information content (AvgIpc) is 2.18. The first kappa shape index (κ1) is 13.4. The number of hydrogen-bond donors (Lipinski definition) is 0. The van der Waals surface area contributed by atoms with Crippen LogP contribution < -0.4 is 0 Å². The van der Waals surface area contributed by atoms with E-state index in [1.807, 2.05) is 18.7 Å². The summed E-state index contributed by atoms with van der Waals surface area (Å²) in [5.74, 6) is 0.261. The first-order valence-electron chi connectivity index (χ1n) is 5.61. The van der Waals surface area contributed by atoms with Gasteiger partial charge in [-0.05, 0) is 26.9 Å². The van der Waals surface area contributed by atoms with Gasteiger partial charge in [0.05, 0.1) is 0 Å². The van der Waals surface area contributed by atoms with Gasteiger partial charge in [-0.15, -0.1) is 0 Å². The molecule has 1 amide bonds. The van der Waals surface area contributed by atoms with Crippen LogP contribution in [0.4, 0.5) is 0 Å². The van der Waals surface area contributed by atoms with Crippen molar-refractivity contribution in [2.75, 3.05) is 33.2 Å². The summed E-state index contributed by atoms with van der Waals surface area (Å²) in [5.41, 5.74) is 0. The Morgan fingerprint density at radius 2 is 1.71 bits per heavy atom. The van der Waals surface area contributed by atoms with E-state index in [9.17, 15) is 4.79 Å². The highest BCUT2D eigenvalue weighted by atomic mass is 16.2. The minimum absolute atomic E-state index is 0.261. The molecule has 0 N–H and O–H groups in total. The van der Waals surface area contributed by atoms with Crippen molar-refractivity contribution in [1.82, 2.24) is 9.80 Å². The molecule has 0 aliphatic heterocycles. The van der Waals surface area contributed by atoms with Gasteiger partial charge in [-0.1, -0.05) is 13.8 Å². The molecule has 14 heavy (non-hydrogen) atoms. The van der Waals surface area contributed by atoms with Crippen molar-refractivity contribution in [3.8, 4) is 0 Å². The molecular weight excluding hydrogens is 176 g/mol. The molecule has 0 rings (SSSR count). The Kier molecular flexibility index (Phi) is 7.48. The molecular formula is C11H24N2O. The van der Waals surface area contributed by atoms with Crippen LogP contribution in [-0.4, -0.2) is 48.9 Å². The van der Waals surface area contributed by atoms with Gasteiger partial charge in [-0.2, -0.15) is 0 Å². The van der Waals surface area contributed by atoms with Crippen LogP contribution in [0.1, 0.15) is 33.6 Å². The van der Waals surface area contributed by atoms with E-state index in [-0.39, 0.29) is 5.91 Å². The van der Waals surface area contributed by atoms with E-state index in [1.54, 1.807) is 0 Å². The highest BCUT2D eigenvalue weighted by molar-refractivity contribution is 5.75. The van der Waals surface area contributed by atoms with Gasteiger partial charge in [0, 0.05) is 26.1 Å². The molecule has 0 saturated carbocycles. The van der Waals surface area contributed by atoms with Crippen molar-refractivity contribution in [2.45, 2.75) is 33.6 Å². The molecule has 0 radical (unpaired) electrons. The predicted molar refractivity (Wildman–Crippen MR) is 60.3 cm³/mol. The van der Waals surface area contributed by atoms with Crippen LogP contribution in [0.2, 0.25) is 0 Å². The lowest BCUT2D eigenvalue weighted by Gasteiger charge is -2.23. The van der Waals surface area contributed by atoms with Gasteiger partial charge >= 0.3 is 0 Å². The predicted octanol–water partition coefficient (Wildman–Crippen LogP) is 1.59. The summed E-state index contributed by atoms with van der Waals surface area (Å²) in [6.45, 7) is 9.90. The Balaban J connectivity index is 3.77. The summed E-state index contributed by atoms with van der Waals surface area (Å²) >= 11 is 0. The van der Waals surface area contributed by atoms with Crippen LogP contribution in [-0.2, 0) is 4.79 Å². The van der Waals surface area contributed by atoms with Gasteiger partial charge in [-0.3, -0.25) is 4.79 Å². The molecule has 3 nitrogen and oxygen atoms in total. The molecule has 0 spiro atoms. The molecule has 0 fully saturated rings. The molecule has 0 aromatic heterocycles. The molecule has 0 aromatic carbocycles. The van der Waals surface area contributed by atoms with E-state index in [4.69, 9.17) is 0 Å². The largest absolute Gasteiger partial charge is 0.342 e. The maximum Gasteiger partial charge on any atom is 0.222 e. The smallest absolute Gasteiger partial charge is 0.222 e. The van der Waals surface area contributed by atoms with Gasteiger partial charge in [-0.25, -0.2) is 0 Å². The van der Waals surface area contributed by atoms with Gasteiger partial charge < -0.3 is 9.80 Å². The lowest BCUT2D eigenvalue weighted by molar-refractivity contribution is -0.130. The van der Waals surface area contributed by atoms with E-state index in [0.29, 0.717) is 6.42 Å². The summed E-state index contributed by atoms with van der Waals surface area (Å²) in [5, 5.41) is 0. The molecule has 84 valence electrons. The number of rotatable bonds is 7. The Bertz CT molecular complexity index is 159. The Hall–Kier alpha value is -0.570.